The summed E-state index contributed by atoms with van der Waals surface area (Å²) in [6, 6.07) is 7.67. The zero-order valence-electron chi connectivity index (χ0n) is 14.3. The van der Waals surface area contributed by atoms with E-state index in [0.717, 1.165) is 29.5 Å². The van der Waals surface area contributed by atoms with E-state index in [0.29, 0.717) is 13.2 Å². The third kappa shape index (κ3) is 3.76. The fourth-order valence-corrected chi connectivity index (χ4v) is 3.53. The maximum atomic E-state index is 12.6. The lowest BCUT2D eigenvalue weighted by Crippen LogP contribution is -2.37. The van der Waals surface area contributed by atoms with Crippen LogP contribution in [0.4, 0.5) is 11.5 Å². The monoisotopic (exact) mass is 345 g/mol. The van der Waals surface area contributed by atoms with E-state index >= 15 is 0 Å². The summed E-state index contributed by atoms with van der Waals surface area (Å²) in [5.41, 5.74) is 0.798. The minimum atomic E-state index is -0.0852. The number of carbonyl (C=O) groups is 1. The van der Waals surface area contributed by atoms with E-state index in [2.05, 4.69) is 36.0 Å². The predicted octanol–water partition coefficient (Wildman–Crippen LogP) is 3.53. The van der Waals surface area contributed by atoms with Crippen LogP contribution in [0.5, 0.6) is 0 Å². The standard InChI is InChI=1S/C18H23N3O2S/c1-18(2,3)15-7-6-14(24-15)17(22)20-13-5-4-8-19-16(13)21-9-11-23-12-10-21/h4-8H,9-12H2,1-3H3,(H,20,22). The number of ether oxygens (including phenoxy) is 1. The van der Waals surface area contributed by atoms with Crippen LogP contribution in [0.2, 0.25) is 0 Å². The fourth-order valence-electron chi connectivity index (χ4n) is 2.57. The molecule has 0 radical (unpaired) electrons. The van der Waals surface area contributed by atoms with Gasteiger partial charge in [0.15, 0.2) is 5.82 Å². The fraction of sp³-hybridized carbons (Fsp3) is 0.444. The number of aromatic nitrogens is 1. The molecule has 1 aliphatic heterocycles. The molecule has 0 bridgehead atoms. The Morgan fingerprint density at radius 1 is 1.25 bits per heavy atom. The number of rotatable bonds is 3. The van der Waals surface area contributed by atoms with Crippen molar-refractivity contribution in [2.24, 2.45) is 0 Å². The Morgan fingerprint density at radius 3 is 2.67 bits per heavy atom. The molecule has 3 rings (SSSR count). The molecule has 0 saturated carbocycles. The zero-order chi connectivity index (χ0) is 17.2. The van der Waals surface area contributed by atoms with Crippen LogP contribution < -0.4 is 10.2 Å². The number of anilines is 2. The van der Waals surface area contributed by atoms with Crippen molar-refractivity contribution in [3.8, 4) is 0 Å². The van der Waals surface area contributed by atoms with Gasteiger partial charge in [0.05, 0.1) is 23.8 Å². The zero-order valence-corrected chi connectivity index (χ0v) is 15.2. The molecule has 1 fully saturated rings. The van der Waals surface area contributed by atoms with Gasteiger partial charge in [0, 0.05) is 24.2 Å². The highest BCUT2D eigenvalue weighted by Crippen LogP contribution is 2.30. The SMILES string of the molecule is CC(C)(C)c1ccc(C(=O)Nc2cccnc2N2CCOCC2)s1. The van der Waals surface area contributed by atoms with E-state index < -0.39 is 0 Å². The Kier molecular flexibility index (Phi) is 4.87. The van der Waals surface area contributed by atoms with Crippen LogP contribution >= 0.6 is 11.3 Å². The number of hydrogen-bond donors (Lipinski definition) is 1. The highest BCUT2D eigenvalue weighted by molar-refractivity contribution is 7.14. The van der Waals surface area contributed by atoms with Gasteiger partial charge in [0.25, 0.3) is 5.91 Å². The van der Waals surface area contributed by atoms with E-state index in [4.69, 9.17) is 4.74 Å². The first-order valence-electron chi connectivity index (χ1n) is 8.14. The van der Waals surface area contributed by atoms with Crippen LogP contribution in [-0.2, 0) is 10.2 Å². The van der Waals surface area contributed by atoms with Crippen LogP contribution in [0.25, 0.3) is 0 Å². The summed E-state index contributed by atoms with van der Waals surface area (Å²) in [5, 5.41) is 3.02. The number of pyridine rings is 1. The second-order valence-corrected chi connectivity index (χ2v) is 7.93. The molecule has 0 aromatic carbocycles. The van der Waals surface area contributed by atoms with Gasteiger partial charge in [0.1, 0.15) is 0 Å². The van der Waals surface area contributed by atoms with Crippen LogP contribution in [0.1, 0.15) is 35.3 Å². The van der Waals surface area contributed by atoms with Crippen molar-refractivity contribution in [3.05, 3.63) is 40.2 Å². The molecule has 1 saturated heterocycles. The molecule has 128 valence electrons. The topological polar surface area (TPSA) is 54.5 Å². The number of amides is 1. The van der Waals surface area contributed by atoms with Crippen LogP contribution in [0, 0.1) is 0 Å². The maximum Gasteiger partial charge on any atom is 0.265 e. The average molecular weight is 345 g/mol. The summed E-state index contributed by atoms with van der Waals surface area (Å²) >= 11 is 1.54. The van der Waals surface area contributed by atoms with Gasteiger partial charge in [-0.15, -0.1) is 11.3 Å². The lowest BCUT2D eigenvalue weighted by Gasteiger charge is -2.29. The Balaban J connectivity index is 1.78. The minimum Gasteiger partial charge on any atom is -0.378 e. The minimum absolute atomic E-state index is 0.0520. The van der Waals surface area contributed by atoms with E-state index in [9.17, 15) is 4.79 Å². The molecule has 1 N–H and O–H groups in total. The molecule has 0 spiro atoms. The average Bonchev–Trinajstić information content (AvgIpc) is 3.07. The Labute approximate surface area is 146 Å². The van der Waals surface area contributed by atoms with Crippen molar-refractivity contribution < 1.29 is 9.53 Å². The molecule has 5 nitrogen and oxygen atoms in total. The van der Waals surface area contributed by atoms with Crippen molar-refractivity contribution in [2.75, 3.05) is 36.5 Å². The molecule has 2 aromatic heterocycles. The summed E-state index contributed by atoms with van der Waals surface area (Å²) in [7, 11) is 0. The summed E-state index contributed by atoms with van der Waals surface area (Å²) in [6.45, 7) is 9.39. The third-order valence-corrected chi connectivity index (χ3v) is 5.42. The van der Waals surface area contributed by atoms with E-state index in [-0.39, 0.29) is 11.3 Å². The van der Waals surface area contributed by atoms with Crippen LogP contribution in [0.3, 0.4) is 0 Å². The second kappa shape index (κ2) is 6.91. The molecule has 3 heterocycles. The quantitative estimate of drug-likeness (QED) is 0.925. The van der Waals surface area contributed by atoms with Crippen molar-refractivity contribution in [1.29, 1.82) is 0 Å². The molecule has 0 atom stereocenters. The Morgan fingerprint density at radius 2 is 2.00 bits per heavy atom. The number of hydrogen-bond acceptors (Lipinski definition) is 5. The summed E-state index contributed by atoms with van der Waals surface area (Å²) in [4.78, 5) is 21.1. The molecule has 1 amide bonds. The maximum absolute atomic E-state index is 12.6. The van der Waals surface area contributed by atoms with Gasteiger partial charge in [0.2, 0.25) is 0 Å². The first-order valence-corrected chi connectivity index (χ1v) is 8.96. The molecule has 2 aromatic rings. The molecule has 0 unspecified atom stereocenters. The first-order chi connectivity index (χ1) is 11.4. The largest absolute Gasteiger partial charge is 0.378 e. The normalized spacial score (nSPS) is 15.4. The number of morpholine rings is 1. The van der Waals surface area contributed by atoms with Crippen LogP contribution in [-0.4, -0.2) is 37.2 Å². The third-order valence-electron chi connectivity index (χ3n) is 3.91. The molecule has 0 aliphatic carbocycles. The van der Waals surface area contributed by atoms with Crippen molar-refractivity contribution in [2.45, 2.75) is 26.2 Å². The molecular formula is C18H23N3O2S. The van der Waals surface area contributed by atoms with Crippen molar-refractivity contribution in [3.63, 3.8) is 0 Å². The van der Waals surface area contributed by atoms with Gasteiger partial charge >= 0.3 is 0 Å². The van der Waals surface area contributed by atoms with Gasteiger partial charge in [-0.05, 0) is 29.7 Å². The first kappa shape index (κ1) is 16.9. The Bertz CT molecular complexity index is 715. The molecule has 1 aliphatic rings. The van der Waals surface area contributed by atoms with Gasteiger partial charge in [-0.1, -0.05) is 20.8 Å². The molecule has 24 heavy (non-hydrogen) atoms. The lowest BCUT2D eigenvalue weighted by molar-refractivity contribution is 0.103. The lowest BCUT2D eigenvalue weighted by atomic mass is 9.95. The number of nitrogens with zero attached hydrogens (tertiary/aromatic N) is 2. The predicted molar refractivity (Wildman–Crippen MR) is 98.2 cm³/mol. The summed E-state index contributed by atoms with van der Waals surface area (Å²) in [5.74, 6) is 0.722. The van der Waals surface area contributed by atoms with Gasteiger partial charge < -0.3 is 15.0 Å². The summed E-state index contributed by atoms with van der Waals surface area (Å²) < 4.78 is 5.39. The summed E-state index contributed by atoms with van der Waals surface area (Å²) in [6.07, 6.45) is 1.75. The highest BCUT2D eigenvalue weighted by Gasteiger charge is 2.21. The molecular weight excluding hydrogens is 322 g/mol. The molecule has 6 heteroatoms. The highest BCUT2D eigenvalue weighted by atomic mass is 32.1. The number of carbonyl (C=O) groups excluding carboxylic acids is 1. The van der Waals surface area contributed by atoms with E-state index in [1.54, 1.807) is 17.5 Å². The number of thiophene rings is 1. The van der Waals surface area contributed by atoms with E-state index in [1.807, 2.05) is 24.3 Å². The van der Waals surface area contributed by atoms with Gasteiger partial charge in [-0.3, -0.25) is 4.79 Å². The Hall–Kier alpha value is -1.92. The van der Waals surface area contributed by atoms with Gasteiger partial charge in [-0.25, -0.2) is 4.98 Å². The van der Waals surface area contributed by atoms with Crippen LogP contribution in [0.15, 0.2) is 30.5 Å². The number of nitrogens with one attached hydrogen (secondary N) is 1. The van der Waals surface area contributed by atoms with Crippen molar-refractivity contribution in [1.82, 2.24) is 4.98 Å². The van der Waals surface area contributed by atoms with E-state index in [1.165, 1.54) is 4.88 Å². The smallest absolute Gasteiger partial charge is 0.265 e. The van der Waals surface area contributed by atoms with Crippen molar-refractivity contribution >= 4 is 28.7 Å². The second-order valence-electron chi connectivity index (χ2n) is 6.84. The van der Waals surface area contributed by atoms with Gasteiger partial charge in [-0.2, -0.15) is 0 Å².